The lowest BCUT2D eigenvalue weighted by molar-refractivity contribution is -0.105. The molecule has 0 N–H and O–H groups in total. The Morgan fingerprint density at radius 1 is 0.895 bits per heavy atom. The number of carbonyl (C=O) groups excluding carboxylic acids is 1. The van der Waals surface area contributed by atoms with E-state index < -0.39 is 0 Å². The highest BCUT2D eigenvalue weighted by atomic mass is 16.1. The van der Waals surface area contributed by atoms with E-state index in [0.29, 0.717) is 0 Å². The number of fused-ring (bicyclic) bond motifs is 1. The lowest BCUT2D eigenvalue weighted by atomic mass is 9.83. The van der Waals surface area contributed by atoms with E-state index in [2.05, 4.69) is 36.4 Å². The van der Waals surface area contributed by atoms with Gasteiger partial charge in [0.2, 0.25) is 0 Å². The van der Waals surface area contributed by atoms with Gasteiger partial charge in [0.1, 0.15) is 6.29 Å². The number of hydrogen-bond acceptors (Lipinski definition) is 1. The van der Waals surface area contributed by atoms with Crippen LogP contribution in [0, 0.1) is 0 Å². The van der Waals surface area contributed by atoms with Crippen molar-refractivity contribution < 1.29 is 4.79 Å². The van der Waals surface area contributed by atoms with E-state index in [1.54, 1.807) is 0 Å². The Bertz CT molecular complexity index is 623. The smallest absolute Gasteiger partial charge is 0.146 e. The van der Waals surface area contributed by atoms with Crippen LogP contribution in [-0.2, 0) is 17.6 Å². The molecule has 1 aliphatic carbocycles. The molecule has 2 aromatic carbocycles. The molecule has 0 aromatic heterocycles. The Morgan fingerprint density at radius 2 is 1.63 bits per heavy atom. The number of carbonyl (C=O) groups is 1. The van der Waals surface area contributed by atoms with Crippen LogP contribution < -0.4 is 0 Å². The second kappa shape index (κ2) is 5.23. The third-order valence-electron chi connectivity index (χ3n) is 3.76. The van der Waals surface area contributed by atoms with Crippen LogP contribution in [0.15, 0.2) is 60.2 Å². The fraction of sp³-hybridized carbons (Fsp3) is 0.167. The molecule has 0 unspecified atom stereocenters. The van der Waals surface area contributed by atoms with E-state index in [1.807, 2.05) is 18.2 Å². The van der Waals surface area contributed by atoms with Crippen molar-refractivity contribution in [3.63, 3.8) is 0 Å². The Labute approximate surface area is 113 Å². The number of benzene rings is 2. The van der Waals surface area contributed by atoms with Crippen LogP contribution in [0.4, 0.5) is 0 Å². The van der Waals surface area contributed by atoms with E-state index in [1.165, 1.54) is 22.3 Å². The minimum Gasteiger partial charge on any atom is -0.298 e. The number of allylic oxidation sites excluding steroid dienone is 2. The average Bonchev–Trinajstić information content (AvgIpc) is 2.49. The van der Waals surface area contributed by atoms with Crippen LogP contribution in [0.2, 0.25) is 0 Å². The molecule has 0 fully saturated rings. The molecule has 2 aromatic rings. The minimum absolute atomic E-state index is 0.839. The summed E-state index contributed by atoms with van der Waals surface area (Å²) in [5.41, 5.74) is 6.03. The molecule has 1 aliphatic rings. The molecule has 0 heterocycles. The number of rotatable bonds is 3. The van der Waals surface area contributed by atoms with Crippen molar-refractivity contribution in [1.82, 2.24) is 0 Å². The summed E-state index contributed by atoms with van der Waals surface area (Å²) in [6, 6.07) is 18.8. The summed E-state index contributed by atoms with van der Waals surface area (Å²) in [6.45, 7) is 0. The molecule has 19 heavy (non-hydrogen) atoms. The van der Waals surface area contributed by atoms with Gasteiger partial charge in [-0.2, -0.15) is 0 Å². The summed E-state index contributed by atoms with van der Waals surface area (Å²) in [7, 11) is 0. The predicted molar refractivity (Wildman–Crippen MR) is 77.9 cm³/mol. The zero-order valence-electron chi connectivity index (χ0n) is 10.8. The third-order valence-corrected chi connectivity index (χ3v) is 3.76. The summed E-state index contributed by atoms with van der Waals surface area (Å²) in [6.07, 6.45) is 3.71. The van der Waals surface area contributed by atoms with Crippen molar-refractivity contribution in [3.8, 4) is 0 Å². The Hall–Kier alpha value is -2.15. The summed E-state index contributed by atoms with van der Waals surface area (Å²) in [4.78, 5) is 11.3. The van der Waals surface area contributed by atoms with Gasteiger partial charge in [-0.15, -0.1) is 0 Å². The fourth-order valence-corrected chi connectivity index (χ4v) is 2.76. The maximum absolute atomic E-state index is 11.3. The van der Waals surface area contributed by atoms with E-state index in [0.717, 1.165) is 31.1 Å². The SMILES string of the molecule is O=CC1=C(Cc2ccccc2)c2ccccc2CC1. The predicted octanol–water partition coefficient (Wildman–Crippen LogP) is 3.83. The molecule has 0 aliphatic heterocycles. The second-order valence-electron chi connectivity index (χ2n) is 4.94. The lowest BCUT2D eigenvalue weighted by Gasteiger charge is -2.21. The Balaban J connectivity index is 2.05. The highest BCUT2D eigenvalue weighted by Gasteiger charge is 2.18. The molecule has 0 saturated heterocycles. The van der Waals surface area contributed by atoms with Crippen molar-refractivity contribution in [2.24, 2.45) is 0 Å². The van der Waals surface area contributed by atoms with Gasteiger partial charge in [0, 0.05) is 0 Å². The molecule has 94 valence electrons. The number of aryl methyl sites for hydroxylation is 1. The van der Waals surface area contributed by atoms with E-state index >= 15 is 0 Å². The van der Waals surface area contributed by atoms with E-state index in [9.17, 15) is 4.79 Å². The van der Waals surface area contributed by atoms with Crippen molar-refractivity contribution in [2.75, 3.05) is 0 Å². The van der Waals surface area contributed by atoms with Crippen LogP contribution in [-0.4, -0.2) is 6.29 Å². The Morgan fingerprint density at radius 3 is 2.42 bits per heavy atom. The molecule has 0 radical (unpaired) electrons. The van der Waals surface area contributed by atoms with Gasteiger partial charge in [0.05, 0.1) is 0 Å². The zero-order chi connectivity index (χ0) is 13.1. The van der Waals surface area contributed by atoms with Crippen LogP contribution in [0.25, 0.3) is 5.57 Å². The maximum atomic E-state index is 11.3. The van der Waals surface area contributed by atoms with E-state index in [-0.39, 0.29) is 0 Å². The van der Waals surface area contributed by atoms with Crippen molar-refractivity contribution in [1.29, 1.82) is 0 Å². The largest absolute Gasteiger partial charge is 0.298 e. The van der Waals surface area contributed by atoms with Gasteiger partial charge < -0.3 is 0 Å². The van der Waals surface area contributed by atoms with Crippen LogP contribution in [0.3, 0.4) is 0 Å². The summed E-state index contributed by atoms with van der Waals surface area (Å²) in [5, 5.41) is 0. The molecular formula is C18H16O. The summed E-state index contributed by atoms with van der Waals surface area (Å²) >= 11 is 0. The normalized spacial score (nSPS) is 14.1. The maximum Gasteiger partial charge on any atom is 0.146 e. The average molecular weight is 248 g/mol. The molecule has 1 nitrogen and oxygen atoms in total. The van der Waals surface area contributed by atoms with Gasteiger partial charge >= 0.3 is 0 Å². The van der Waals surface area contributed by atoms with Crippen LogP contribution >= 0.6 is 0 Å². The van der Waals surface area contributed by atoms with Gasteiger partial charge in [-0.1, -0.05) is 54.6 Å². The molecule has 1 heteroatoms. The van der Waals surface area contributed by atoms with Gasteiger partial charge in [-0.05, 0) is 47.1 Å². The van der Waals surface area contributed by atoms with Crippen molar-refractivity contribution in [2.45, 2.75) is 19.3 Å². The van der Waals surface area contributed by atoms with Crippen molar-refractivity contribution >= 4 is 11.9 Å². The third kappa shape index (κ3) is 2.37. The number of aldehydes is 1. The molecule has 0 saturated carbocycles. The van der Waals surface area contributed by atoms with Gasteiger partial charge in [0.25, 0.3) is 0 Å². The van der Waals surface area contributed by atoms with Crippen molar-refractivity contribution in [3.05, 3.63) is 76.9 Å². The highest BCUT2D eigenvalue weighted by molar-refractivity contribution is 5.90. The van der Waals surface area contributed by atoms with Crippen LogP contribution in [0.1, 0.15) is 23.1 Å². The highest BCUT2D eigenvalue weighted by Crippen LogP contribution is 2.32. The molecule has 3 rings (SSSR count). The topological polar surface area (TPSA) is 17.1 Å². The molecule has 0 spiro atoms. The summed E-state index contributed by atoms with van der Waals surface area (Å²) < 4.78 is 0. The lowest BCUT2D eigenvalue weighted by Crippen LogP contribution is -2.07. The molecule has 0 amide bonds. The first-order chi connectivity index (χ1) is 9.38. The first-order valence-electron chi connectivity index (χ1n) is 6.68. The minimum atomic E-state index is 0.839. The monoisotopic (exact) mass is 248 g/mol. The molecule has 0 atom stereocenters. The first-order valence-corrected chi connectivity index (χ1v) is 6.68. The second-order valence-corrected chi connectivity index (χ2v) is 4.94. The Kier molecular flexibility index (Phi) is 3.28. The van der Waals surface area contributed by atoms with Gasteiger partial charge in [-0.3, -0.25) is 4.79 Å². The van der Waals surface area contributed by atoms with Gasteiger partial charge in [-0.25, -0.2) is 0 Å². The summed E-state index contributed by atoms with van der Waals surface area (Å²) in [5.74, 6) is 0. The quantitative estimate of drug-likeness (QED) is 0.754. The zero-order valence-corrected chi connectivity index (χ0v) is 10.8. The fourth-order valence-electron chi connectivity index (χ4n) is 2.76. The van der Waals surface area contributed by atoms with Gasteiger partial charge in [0.15, 0.2) is 0 Å². The van der Waals surface area contributed by atoms with E-state index in [4.69, 9.17) is 0 Å². The standard InChI is InChI=1S/C18H16O/c19-13-16-11-10-15-8-4-5-9-17(15)18(16)12-14-6-2-1-3-7-14/h1-9,13H,10-12H2. The molecular weight excluding hydrogens is 232 g/mol. The first kappa shape index (κ1) is 11.9. The van der Waals surface area contributed by atoms with Crippen LogP contribution in [0.5, 0.6) is 0 Å². The molecule has 0 bridgehead atoms. The number of hydrogen-bond donors (Lipinski definition) is 0.